The molecule has 0 heterocycles. The predicted octanol–water partition coefficient (Wildman–Crippen LogP) is 4.05. The van der Waals surface area contributed by atoms with Crippen molar-refractivity contribution in [1.82, 2.24) is 5.32 Å². The van der Waals surface area contributed by atoms with E-state index in [1.807, 2.05) is 27.7 Å². The number of para-hydroxylation sites is 1. The van der Waals surface area contributed by atoms with Gasteiger partial charge in [-0.1, -0.05) is 25.1 Å². The normalized spacial score (nSPS) is 14.0. The lowest BCUT2D eigenvalue weighted by atomic mass is 9.90. The van der Waals surface area contributed by atoms with E-state index in [4.69, 9.17) is 4.74 Å². The van der Waals surface area contributed by atoms with Gasteiger partial charge in [-0.15, -0.1) is 13.2 Å². The number of rotatable bonds is 7. The van der Waals surface area contributed by atoms with Crippen molar-refractivity contribution < 1.29 is 22.6 Å². The Morgan fingerprint density at radius 2 is 1.76 bits per heavy atom. The van der Waals surface area contributed by atoms with E-state index >= 15 is 0 Å². The maximum absolute atomic E-state index is 12.5. The van der Waals surface area contributed by atoms with Gasteiger partial charge in [0.2, 0.25) is 0 Å². The smallest absolute Gasteiger partial charge is 0.405 e. The monoisotopic (exact) mass is 305 g/mol. The summed E-state index contributed by atoms with van der Waals surface area (Å²) in [5.74, 6) is -0.205. The summed E-state index contributed by atoms with van der Waals surface area (Å²) in [6.07, 6.45) is -4.72. The Bertz CT molecular complexity index is 447. The molecule has 1 aromatic carbocycles. The van der Waals surface area contributed by atoms with Crippen LogP contribution in [-0.2, 0) is 4.74 Å². The van der Waals surface area contributed by atoms with Crippen molar-refractivity contribution in [2.24, 2.45) is 0 Å². The second kappa shape index (κ2) is 7.13. The average Bonchev–Trinajstić information content (AvgIpc) is 2.35. The molecule has 0 bridgehead atoms. The summed E-state index contributed by atoms with van der Waals surface area (Å²) in [5.41, 5.74) is -0.245. The van der Waals surface area contributed by atoms with Crippen LogP contribution in [0.15, 0.2) is 24.3 Å². The Balaban J connectivity index is 3.19. The lowest BCUT2D eigenvalue weighted by Crippen LogP contribution is -2.42. The zero-order chi connectivity index (χ0) is 16.1. The van der Waals surface area contributed by atoms with E-state index in [2.05, 4.69) is 10.1 Å². The Labute approximate surface area is 123 Å². The van der Waals surface area contributed by atoms with Crippen LogP contribution in [0, 0.1) is 0 Å². The van der Waals surface area contributed by atoms with E-state index < -0.39 is 18.0 Å². The van der Waals surface area contributed by atoms with Gasteiger partial charge in [0.15, 0.2) is 0 Å². The van der Waals surface area contributed by atoms with E-state index in [1.54, 1.807) is 12.1 Å². The van der Waals surface area contributed by atoms with Gasteiger partial charge in [-0.25, -0.2) is 0 Å². The summed E-state index contributed by atoms with van der Waals surface area (Å²) in [5, 5.41) is 3.18. The highest BCUT2D eigenvalue weighted by atomic mass is 19.4. The van der Waals surface area contributed by atoms with E-state index in [-0.39, 0.29) is 5.75 Å². The number of halogens is 3. The van der Waals surface area contributed by atoms with E-state index in [9.17, 15) is 13.2 Å². The number of likely N-dealkylation sites (N-methyl/N-ethyl adjacent to an activating group) is 1. The summed E-state index contributed by atoms with van der Waals surface area (Å²) >= 11 is 0. The summed E-state index contributed by atoms with van der Waals surface area (Å²) in [4.78, 5) is 0. The number of benzene rings is 1. The van der Waals surface area contributed by atoms with Gasteiger partial charge < -0.3 is 14.8 Å². The molecule has 0 aromatic heterocycles. The fraction of sp³-hybridized carbons (Fsp3) is 0.600. The van der Waals surface area contributed by atoms with Crippen molar-refractivity contribution in [3.63, 3.8) is 0 Å². The van der Waals surface area contributed by atoms with Crippen LogP contribution in [-0.4, -0.2) is 25.1 Å². The minimum Gasteiger partial charge on any atom is -0.405 e. The quantitative estimate of drug-likeness (QED) is 0.824. The van der Waals surface area contributed by atoms with Crippen LogP contribution in [0.2, 0.25) is 0 Å². The van der Waals surface area contributed by atoms with Crippen LogP contribution >= 0.6 is 0 Å². The number of hydrogen-bond acceptors (Lipinski definition) is 3. The molecule has 3 nitrogen and oxygen atoms in total. The van der Waals surface area contributed by atoms with Crippen LogP contribution in [0.4, 0.5) is 13.2 Å². The molecule has 0 radical (unpaired) electrons. The first-order valence-corrected chi connectivity index (χ1v) is 6.93. The predicted molar refractivity (Wildman–Crippen MR) is 75.2 cm³/mol. The van der Waals surface area contributed by atoms with E-state index in [0.717, 1.165) is 0 Å². The molecule has 1 atom stereocenters. The third-order valence-electron chi connectivity index (χ3n) is 3.08. The van der Waals surface area contributed by atoms with Gasteiger partial charge in [0, 0.05) is 12.2 Å². The topological polar surface area (TPSA) is 30.5 Å². The molecule has 1 aromatic rings. The van der Waals surface area contributed by atoms with Gasteiger partial charge in [-0.2, -0.15) is 0 Å². The van der Waals surface area contributed by atoms with Gasteiger partial charge in [0.25, 0.3) is 0 Å². The number of alkyl halides is 3. The fourth-order valence-electron chi connectivity index (χ4n) is 2.33. The summed E-state index contributed by atoms with van der Waals surface area (Å²) < 4.78 is 47.4. The highest BCUT2D eigenvalue weighted by molar-refractivity contribution is 5.37. The first-order valence-electron chi connectivity index (χ1n) is 6.93. The molecule has 0 spiro atoms. The van der Waals surface area contributed by atoms with Crippen molar-refractivity contribution in [2.45, 2.75) is 45.7 Å². The second-order valence-corrected chi connectivity index (χ2v) is 5.11. The van der Waals surface area contributed by atoms with Crippen molar-refractivity contribution in [3.05, 3.63) is 29.8 Å². The first kappa shape index (κ1) is 17.8. The maximum atomic E-state index is 12.5. The zero-order valence-corrected chi connectivity index (χ0v) is 12.8. The highest BCUT2D eigenvalue weighted by Gasteiger charge is 2.36. The van der Waals surface area contributed by atoms with Crippen molar-refractivity contribution >= 4 is 0 Å². The molecule has 0 aliphatic rings. The van der Waals surface area contributed by atoms with E-state index in [0.29, 0.717) is 18.7 Å². The van der Waals surface area contributed by atoms with Crippen LogP contribution in [0.25, 0.3) is 0 Å². The third kappa shape index (κ3) is 5.21. The molecule has 0 saturated heterocycles. The lowest BCUT2D eigenvalue weighted by Gasteiger charge is -2.35. The van der Waals surface area contributed by atoms with Crippen LogP contribution in [0.3, 0.4) is 0 Å². The van der Waals surface area contributed by atoms with Crippen molar-refractivity contribution in [2.75, 3.05) is 13.2 Å². The lowest BCUT2D eigenvalue weighted by molar-refractivity contribution is -0.275. The highest BCUT2D eigenvalue weighted by Crippen LogP contribution is 2.36. The molecular weight excluding hydrogens is 283 g/mol. The molecule has 0 aliphatic carbocycles. The summed E-state index contributed by atoms with van der Waals surface area (Å²) in [7, 11) is 0. The van der Waals surface area contributed by atoms with Crippen LogP contribution < -0.4 is 10.1 Å². The van der Waals surface area contributed by atoms with Gasteiger partial charge in [0.1, 0.15) is 5.75 Å². The molecular formula is C15H22F3NO2. The molecule has 6 heteroatoms. The molecule has 0 aliphatic heterocycles. The molecule has 0 amide bonds. The van der Waals surface area contributed by atoms with Gasteiger partial charge in [0.05, 0.1) is 11.6 Å². The molecule has 0 fully saturated rings. The minimum atomic E-state index is -4.72. The van der Waals surface area contributed by atoms with Gasteiger partial charge in [-0.05, 0) is 33.4 Å². The van der Waals surface area contributed by atoms with Crippen LogP contribution in [0.1, 0.15) is 39.3 Å². The summed E-state index contributed by atoms with van der Waals surface area (Å²) in [6.45, 7) is 8.49. The number of nitrogens with one attached hydrogen (secondary N) is 1. The van der Waals surface area contributed by atoms with Crippen molar-refractivity contribution in [1.29, 1.82) is 0 Å². The van der Waals surface area contributed by atoms with Gasteiger partial charge >= 0.3 is 6.36 Å². The van der Waals surface area contributed by atoms with Gasteiger partial charge in [-0.3, -0.25) is 0 Å². The Morgan fingerprint density at radius 3 is 2.29 bits per heavy atom. The standard InChI is InChI=1S/C15H22F3NO2/c1-5-19-13(14(3,4)20-6-2)11-9-7-8-10-12(11)21-15(16,17)18/h7-10,13,19H,5-6H2,1-4H3. The molecule has 1 N–H and O–H groups in total. The average molecular weight is 305 g/mol. The number of ether oxygens (including phenoxy) is 2. The second-order valence-electron chi connectivity index (χ2n) is 5.11. The largest absolute Gasteiger partial charge is 0.573 e. The Kier molecular flexibility index (Phi) is 6.04. The minimum absolute atomic E-state index is 0.205. The Morgan fingerprint density at radius 1 is 1.14 bits per heavy atom. The molecule has 0 saturated carbocycles. The summed E-state index contributed by atoms with van der Waals surface area (Å²) in [6, 6.07) is 5.72. The Hall–Kier alpha value is -1.27. The first-order chi connectivity index (χ1) is 9.71. The van der Waals surface area contributed by atoms with E-state index in [1.165, 1.54) is 12.1 Å². The SMILES string of the molecule is CCNC(c1ccccc1OC(F)(F)F)C(C)(C)OCC. The van der Waals surface area contributed by atoms with Crippen LogP contribution in [0.5, 0.6) is 5.75 Å². The van der Waals surface area contributed by atoms with Crippen molar-refractivity contribution in [3.8, 4) is 5.75 Å². The molecule has 1 rings (SSSR count). The molecule has 21 heavy (non-hydrogen) atoms. The number of hydrogen-bond donors (Lipinski definition) is 1. The molecule has 1 unspecified atom stereocenters. The maximum Gasteiger partial charge on any atom is 0.573 e. The third-order valence-corrected chi connectivity index (χ3v) is 3.08. The fourth-order valence-corrected chi connectivity index (χ4v) is 2.33. The molecule has 120 valence electrons. The zero-order valence-electron chi connectivity index (χ0n) is 12.8.